The minimum absolute atomic E-state index is 0.0133. The van der Waals surface area contributed by atoms with E-state index in [9.17, 15) is 14.4 Å². The Bertz CT molecular complexity index is 950. The number of rotatable bonds is 4. The molecule has 2 fully saturated rings. The molecule has 0 unspecified atom stereocenters. The van der Waals surface area contributed by atoms with E-state index in [1.54, 1.807) is 11.8 Å². The molecule has 0 bridgehead atoms. The highest BCUT2D eigenvalue weighted by molar-refractivity contribution is 6.00. The molecular formula is C21H25N5O3. The fourth-order valence-corrected chi connectivity index (χ4v) is 4.01. The summed E-state index contributed by atoms with van der Waals surface area (Å²) in [7, 11) is 0. The summed E-state index contributed by atoms with van der Waals surface area (Å²) < 4.78 is 0. The normalized spacial score (nSPS) is 20.2. The first kappa shape index (κ1) is 19.2. The van der Waals surface area contributed by atoms with Gasteiger partial charge in [0.2, 0.25) is 17.8 Å². The third kappa shape index (κ3) is 4.31. The number of hydrogen-bond acceptors (Lipinski definition) is 5. The van der Waals surface area contributed by atoms with E-state index < -0.39 is 0 Å². The zero-order chi connectivity index (χ0) is 20.4. The number of anilines is 2. The highest BCUT2D eigenvalue weighted by Crippen LogP contribution is 2.25. The Labute approximate surface area is 168 Å². The highest BCUT2D eigenvalue weighted by atomic mass is 16.2. The number of nitrogens with zero attached hydrogens (tertiary/aromatic N) is 3. The molecule has 2 N–H and O–H groups in total. The number of aromatic nitrogens is 2. The molecule has 1 aromatic carbocycles. The Morgan fingerprint density at radius 1 is 1.17 bits per heavy atom. The molecular weight excluding hydrogens is 370 g/mol. The van der Waals surface area contributed by atoms with Crippen molar-refractivity contribution in [3.8, 4) is 0 Å². The monoisotopic (exact) mass is 395 g/mol. The van der Waals surface area contributed by atoms with Crippen molar-refractivity contribution in [2.75, 3.05) is 29.4 Å². The molecule has 29 heavy (non-hydrogen) atoms. The summed E-state index contributed by atoms with van der Waals surface area (Å²) in [6.45, 7) is 3.63. The lowest BCUT2D eigenvalue weighted by Crippen LogP contribution is -2.47. The molecule has 0 radical (unpaired) electrons. The third-order valence-corrected chi connectivity index (χ3v) is 5.56. The first-order valence-electron chi connectivity index (χ1n) is 9.98. The molecule has 3 heterocycles. The molecule has 2 aliphatic rings. The molecule has 2 aromatic rings. The standard InChI is InChI=1S/C21H25N5O3/c1-14-11-18(27)24-21(22-14)25-9-7-16(8-10-25)23-20(29)15-12-19(28)26(13-15)17-5-3-2-4-6-17/h2-6,11,15-16H,7-10,12-13H2,1H3,(H,23,29)(H,22,24,27)/t15-/m0/s1. The first-order valence-corrected chi connectivity index (χ1v) is 9.98. The Morgan fingerprint density at radius 3 is 2.59 bits per heavy atom. The maximum Gasteiger partial charge on any atom is 0.252 e. The first-order chi connectivity index (χ1) is 14.0. The van der Waals surface area contributed by atoms with Gasteiger partial charge in [0.15, 0.2) is 0 Å². The summed E-state index contributed by atoms with van der Waals surface area (Å²) in [6.07, 6.45) is 1.78. The fourth-order valence-electron chi connectivity index (χ4n) is 4.01. The lowest BCUT2D eigenvalue weighted by Gasteiger charge is -2.33. The van der Waals surface area contributed by atoms with Crippen molar-refractivity contribution in [1.82, 2.24) is 15.3 Å². The number of carbonyl (C=O) groups is 2. The van der Waals surface area contributed by atoms with E-state index in [1.165, 1.54) is 6.07 Å². The summed E-state index contributed by atoms with van der Waals surface area (Å²) in [6, 6.07) is 11.0. The van der Waals surface area contributed by atoms with E-state index in [0.29, 0.717) is 31.3 Å². The second-order valence-corrected chi connectivity index (χ2v) is 7.72. The van der Waals surface area contributed by atoms with Gasteiger partial charge in [-0.25, -0.2) is 4.98 Å². The van der Waals surface area contributed by atoms with E-state index in [-0.39, 0.29) is 35.8 Å². The Kier molecular flexibility index (Phi) is 5.33. The van der Waals surface area contributed by atoms with E-state index in [0.717, 1.165) is 18.5 Å². The van der Waals surface area contributed by atoms with Crippen molar-refractivity contribution in [2.45, 2.75) is 32.2 Å². The van der Waals surface area contributed by atoms with Crippen LogP contribution in [0.5, 0.6) is 0 Å². The number of nitrogens with one attached hydrogen (secondary N) is 2. The van der Waals surface area contributed by atoms with Crippen molar-refractivity contribution in [3.63, 3.8) is 0 Å². The number of piperidine rings is 1. The SMILES string of the molecule is Cc1cc(=O)[nH]c(N2CCC(NC(=O)[C@H]3CC(=O)N(c4ccccc4)C3)CC2)n1. The van der Waals surface area contributed by atoms with Gasteiger partial charge in [-0.15, -0.1) is 0 Å². The van der Waals surface area contributed by atoms with Crippen LogP contribution in [0.3, 0.4) is 0 Å². The second kappa shape index (κ2) is 8.06. The van der Waals surface area contributed by atoms with Gasteiger partial charge < -0.3 is 15.1 Å². The third-order valence-electron chi connectivity index (χ3n) is 5.56. The van der Waals surface area contributed by atoms with E-state index >= 15 is 0 Å². The Balaban J connectivity index is 1.31. The molecule has 0 spiro atoms. The van der Waals surface area contributed by atoms with Crippen LogP contribution in [0.4, 0.5) is 11.6 Å². The Hall–Kier alpha value is -3.16. The van der Waals surface area contributed by atoms with Gasteiger partial charge >= 0.3 is 0 Å². The molecule has 1 atom stereocenters. The predicted molar refractivity (Wildman–Crippen MR) is 110 cm³/mol. The summed E-state index contributed by atoms with van der Waals surface area (Å²) >= 11 is 0. The number of amides is 2. The number of aryl methyl sites for hydroxylation is 1. The number of carbonyl (C=O) groups excluding carboxylic acids is 2. The van der Waals surface area contributed by atoms with Gasteiger partial charge in [-0.1, -0.05) is 18.2 Å². The second-order valence-electron chi connectivity index (χ2n) is 7.72. The number of para-hydroxylation sites is 1. The molecule has 2 saturated heterocycles. The van der Waals surface area contributed by atoms with Crippen LogP contribution in [0.2, 0.25) is 0 Å². The van der Waals surface area contributed by atoms with Gasteiger partial charge in [-0.05, 0) is 31.9 Å². The molecule has 8 nitrogen and oxygen atoms in total. The maximum absolute atomic E-state index is 12.7. The van der Waals surface area contributed by atoms with Crippen LogP contribution in [0, 0.1) is 12.8 Å². The maximum atomic E-state index is 12.7. The highest BCUT2D eigenvalue weighted by Gasteiger charge is 2.36. The lowest BCUT2D eigenvalue weighted by molar-refractivity contribution is -0.127. The average Bonchev–Trinajstić information content (AvgIpc) is 3.10. The van der Waals surface area contributed by atoms with E-state index in [1.807, 2.05) is 35.2 Å². The smallest absolute Gasteiger partial charge is 0.252 e. The summed E-state index contributed by atoms with van der Waals surface area (Å²) in [5.74, 6) is 0.188. The predicted octanol–water partition coefficient (Wildman–Crippen LogP) is 1.22. The lowest BCUT2D eigenvalue weighted by atomic mass is 10.0. The number of benzene rings is 1. The number of hydrogen-bond donors (Lipinski definition) is 2. The largest absolute Gasteiger partial charge is 0.353 e. The van der Waals surface area contributed by atoms with E-state index in [4.69, 9.17) is 0 Å². The molecule has 152 valence electrons. The summed E-state index contributed by atoms with van der Waals surface area (Å²) in [4.78, 5) is 47.6. The van der Waals surface area contributed by atoms with Gasteiger partial charge in [-0.2, -0.15) is 0 Å². The molecule has 8 heteroatoms. The van der Waals surface area contributed by atoms with Gasteiger partial charge in [0.1, 0.15) is 0 Å². The van der Waals surface area contributed by atoms with Crippen LogP contribution in [-0.2, 0) is 9.59 Å². The van der Waals surface area contributed by atoms with Crippen molar-refractivity contribution < 1.29 is 9.59 Å². The van der Waals surface area contributed by atoms with Gasteiger partial charge in [0.05, 0.1) is 5.92 Å². The van der Waals surface area contributed by atoms with Crippen LogP contribution < -0.4 is 20.7 Å². The molecule has 1 aromatic heterocycles. The van der Waals surface area contributed by atoms with Crippen LogP contribution in [0.1, 0.15) is 25.0 Å². The van der Waals surface area contributed by atoms with Crippen LogP contribution in [-0.4, -0.2) is 47.5 Å². The fraction of sp³-hybridized carbons (Fsp3) is 0.429. The minimum atomic E-state index is -0.324. The van der Waals surface area contributed by atoms with Crippen molar-refractivity contribution in [3.05, 3.63) is 52.4 Å². The van der Waals surface area contributed by atoms with Gasteiger partial charge in [0, 0.05) is 49.5 Å². The summed E-state index contributed by atoms with van der Waals surface area (Å²) in [5, 5.41) is 3.11. The average molecular weight is 395 g/mol. The molecule has 2 aliphatic heterocycles. The van der Waals surface area contributed by atoms with Crippen LogP contribution >= 0.6 is 0 Å². The quantitative estimate of drug-likeness (QED) is 0.811. The zero-order valence-electron chi connectivity index (χ0n) is 16.4. The summed E-state index contributed by atoms with van der Waals surface area (Å²) in [5.41, 5.74) is 1.37. The number of aromatic amines is 1. The topological polar surface area (TPSA) is 98.4 Å². The van der Waals surface area contributed by atoms with Crippen molar-refractivity contribution >= 4 is 23.5 Å². The van der Waals surface area contributed by atoms with Crippen molar-refractivity contribution in [2.24, 2.45) is 5.92 Å². The molecule has 0 saturated carbocycles. The van der Waals surface area contributed by atoms with Gasteiger partial charge in [0.25, 0.3) is 5.56 Å². The van der Waals surface area contributed by atoms with Gasteiger partial charge in [-0.3, -0.25) is 19.4 Å². The van der Waals surface area contributed by atoms with Crippen molar-refractivity contribution in [1.29, 1.82) is 0 Å². The Morgan fingerprint density at radius 2 is 1.90 bits per heavy atom. The van der Waals surface area contributed by atoms with Crippen LogP contribution in [0.15, 0.2) is 41.2 Å². The molecule has 4 rings (SSSR count). The van der Waals surface area contributed by atoms with Crippen LogP contribution in [0.25, 0.3) is 0 Å². The zero-order valence-corrected chi connectivity index (χ0v) is 16.4. The van der Waals surface area contributed by atoms with E-state index in [2.05, 4.69) is 15.3 Å². The minimum Gasteiger partial charge on any atom is -0.353 e. The molecule has 2 amide bonds. The number of H-pyrrole nitrogens is 1. The molecule has 0 aliphatic carbocycles.